The summed E-state index contributed by atoms with van der Waals surface area (Å²) in [6.07, 6.45) is 3.37. The van der Waals surface area contributed by atoms with Gasteiger partial charge in [0.2, 0.25) is 0 Å². The number of aromatic hydroxyl groups is 1. The number of nitrogens with zero attached hydrogens (tertiary/aromatic N) is 1. The third kappa shape index (κ3) is 3.23. The summed E-state index contributed by atoms with van der Waals surface area (Å²) in [7, 11) is 0. The molecule has 5 nitrogen and oxygen atoms in total. The molecule has 3 rings (SSSR count). The number of rotatable bonds is 3. The maximum Gasteiger partial charge on any atom is 0.275 e. The van der Waals surface area contributed by atoms with E-state index in [-0.39, 0.29) is 17.4 Å². The van der Waals surface area contributed by atoms with Gasteiger partial charge in [0.15, 0.2) is 0 Å². The van der Waals surface area contributed by atoms with Gasteiger partial charge in [-0.1, -0.05) is 30.3 Å². The lowest BCUT2D eigenvalue weighted by Crippen LogP contribution is -2.22. The highest BCUT2D eigenvalue weighted by molar-refractivity contribution is 5.97. The molecule has 1 aliphatic rings. The van der Waals surface area contributed by atoms with E-state index in [1.165, 1.54) is 12.1 Å². The molecular formula is C18H16N2O3. The van der Waals surface area contributed by atoms with Crippen molar-refractivity contribution in [3.63, 3.8) is 0 Å². The molecule has 1 heterocycles. The fourth-order valence-electron chi connectivity index (χ4n) is 2.30. The van der Waals surface area contributed by atoms with Crippen molar-refractivity contribution < 1.29 is 14.6 Å². The number of amides is 1. The minimum atomic E-state index is -0.468. The lowest BCUT2D eigenvalue weighted by atomic mass is 10.0. The van der Waals surface area contributed by atoms with Crippen LogP contribution in [0.4, 0.5) is 0 Å². The summed E-state index contributed by atoms with van der Waals surface area (Å²) in [5, 5.41) is 13.6. The van der Waals surface area contributed by atoms with Gasteiger partial charge in [-0.3, -0.25) is 4.79 Å². The van der Waals surface area contributed by atoms with Crippen molar-refractivity contribution in [2.24, 2.45) is 5.10 Å². The van der Waals surface area contributed by atoms with Crippen LogP contribution in [-0.4, -0.2) is 23.3 Å². The number of hydrogen-bond donors (Lipinski definition) is 2. The molecule has 1 atom stereocenters. The molecule has 0 spiro atoms. The topological polar surface area (TPSA) is 70.9 Å². The van der Waals surface area contributed by atoms with Crippen molar-refractivity contribution in [1.29, 1.82) is 0 Å². The van der Waals surface area contributed by atoms with Crippen molar-refractivity contribution >= 4 is 18.2 Å². The van der Waals surface area contributed by atoms with E-state index in [0.29, 0.717) is 0 Å². The third-order valence-corrected chi connectivity index (χ3v) is 3.54. The summed E-state index contributed by atoms with van der Waals surface area (Å²) in [5.41, 5.74) is 4.40. The van der Waals surface area contributed by atoms with Gasteiger partial charge in [-0.2, -0.15) is 5.10 Å². The number of hydrazone groups is 1. The van der Waals surface area contributed by atoms with E-state index in [1.807, 2.05) is 37.3 Å². The maximum atomic E-state index is 12.0. The normalized spacial score (nSPS) is 16.4. The lowest BCUT2D eigenvalue weighted by molar-refractivity contribution is 0.0952. The first-order valence-electron chi connectivity index (χ1n) is 7.24. The molecule has 5 heteroatoms. The summed E-state index contributed by atoms with van der Waals surface area (Å²) in [6.45, 7) is 1.92. The Kier molecular flexibility index (Phi) is 4.10. The van der Waals surface area contributed by atoms with E-state index in [4.69, 9.17) is 4.74 Å². The zero-order valence-corrected chi connectivity index (χ0v) is 12.6. The molecule has 1 amide bonds. The fourth-order valence-corrected chi connectivity index (χ4v) is 2.30. The summed E-state index contributed by atoms with van der Waals surface area (Å²) < 4.78 is 5.79. The van der Waals surface area contributed by atoms with Crippen LogP contribution in [0.5, 0.6) is 11.5 Å². The number of phenols is 1. The number of phenolic OH excluding ortho intramolecular Hbond substituents is 1. The Labute approximate surface area is 133 Å². The van der Waals surface area contributed by atoms with E-state index in [2.05, 4.69) is 10.5 Å². The molecule has 2 N–H and O–H groups in total. The van der Waals surface area contributed by atoms with Crippen molar-refractivity contribution in [3.05, 3.63) is 65.2 Å². The highest BCUT2D eigenvalue weighted by Gasteiger charge is 2.17. The summed E-state index contributed by atoms with van der Waals surface area (Å²) in [5.74, 6) is 0.280. The number of carbonyl (C=O) groups excluding carboxylic acids is 1. The second-order valence-corrected chi connectivity index (χ2v) is 5.16. The molecular weight excluding hydrogens is 292 g/mol. The first kappa shape index (κ1) is 14.8. The van der Waals surface area contributed by atoms with Crippen LogP contribution in [0.1, 0.15) is 22.8 Å². The van der Waals surface area contributed by atoms with Crippen LogP contribution in [0.3, 0.4) is 0 Å². The number of para-hydroxylation sites is 2. The molecule has 0 saturated carbocycles. The standard InChI is InChI=1S/C18H16N2O3/c1-12-14(10-13-6-2-5-9-17(13)23-12)11-19-20-18(22)15-7-3-4-8-16(15)21/h2-12,21H,1H3,(H,20,22)/b19-11-/t12-/m0/s1. The molecule has 116 valence electrons. The average molecular weight is 308 g/mol. The fraction of sp³-hybridized carbons (Fsp3) is 0.111. The van der Waals surface area contributed by atoms with Crippen LogP contribution in [0.25, 0.3) is 6.08 Å². The van der Waals surface area contributed by atoms with Crippen molar-refractivity contribution in [2.45, 2.75) is 13.0 Å². The monoisotopic (exact) mass is 308 g/mol. The Morgan fingerprint density at radius 1 is 1.22 bits per heavy atom. The van der Waals surface area contributed by atoms with Gasteiger partial charge in [0.05, 0.1) is 11.8 Å². The van der Waals surface area contributed by atoms with E-state index in [1.54, 1.807) is 18.3 Å². The molecule has 0 aliphatic carbocycles. The van der Waals surface area contributed by atoms with Gasteiger partial charge in [-0.05, 0) is 31.2 Å². The third-order valence-electron chi connectivity index (χ3n) is 3.54. The van der Waals surface area contributed by atoms with Gasteiger partial charge in [-0.15, -0.1) is 0 Å². The van der Waals surface area contributed by atoms with Gasteiger partial charge < -0.3 is 9.84 Å². The minimum Gasteiger partial charge on any atom is -0.507 e. The average Bonchev–Trinajstić information content (AvgIpc) is 2.55. The largest absolute Gasteiger partial charge is 0.507 e. The molecule has 1 aliphatic heterocycles. The van der Waals surface area contributed by atoms with Gasteiger partial charge in [0, 0.05) is 11.1 Å². The Bertz CT molecular complexity index is 796. The second-order valence-electron chi connectivity index (χ2n) is 5.16. The summed E-state index contributed by atoms with van der Waals surface area (Å²) in [6, 6.07) is 14.0. The highest BCUT2D eigenvalue weighted by atomic mass is 16.5. The second kappa shape index (κ2) is 6.36. The number of nitrogens with one attached hydrogen (secondary N) is 1. The zero-order chi connectivity index (χ0) is 16.2. The molecule has 0 unspecified atom stereocenters. The molecule has 2 aromatic carbocycles. The molecule has 0 fully saturated rings. The number of fused-ring (bicyclic) bond motifs is 1. The van der Waals surface area contributed by atoms with E-state index in [0.717, 1.165) is 16.9 Å². The minimum absolute atomic E-state index is 0.0808. The van der Waals surface area contributed by atoms with Gasteiger partial charge in [0.25, 0.3) is 5.91 Å². The molecule has 0 aromatic heterocycles. The first-order valence-corrected chi connectivity index (χ1v) is 7.24. The van der Waals surface area contributed by atoms with Gasteiger partial charge in [0.1, 0.15) is 17.6 Å². The van der Waals surface area contributed by atoms with Crippen LogP contribution >= 0.6 is 0 Å². The SMILES string of the molecule is C[C@@H]1Oc2ccccc2C=C1/C=N\NC(=O)c1ccccc1O. The molecule has 0 saturated heterocycles. The van der Waals surface area contributed by atoms with Gasteiger partial charge in [-0.25, -0.2) is 5.43 Å². The maximum absolute atomic E-state index is 12.0. The summed E-state index contributed by atoms with van der Waals surface area (Å²) >= 11 is 0. The van der Waals surface area contributed by atoms with Crippen LogP contribution in [0.2, 0.25) is 0 Å². The quantitative estimate of drug-likeness (QED) is 0.676. The van der Waals surface area contributed by atoms with Crippen molar-refractivity contribution in [3.8, 4) is 11.5 Å². The van der Waals surface area contributed by atoms with E-state index < -0.39 is 5.91 Å². The summed E-state index contributed by atoms with van der Waals surface area (Å²) in [4.78, 5) is 12.0. The predicted octanol–water partition coefficient (Wildman–Crippen LogP) is 2.97. The predicted molar refractivity (Wildman–Crippen MR) is 88.6 cm³/mol. The Morgan fingerprint density at radius 2 is 1.96 bits per heavy atom. The molecule has 23 heavy (non-hydrogen) atoms. The van der Waals surface area contributed by atoms with Crippen molar-refractivity contribution in [2.75, 3.05) is 0 Å². The lowest BCUT2D eigenvalue weighted by Gasteiger charge is -2.22. The van der Waals surface area contributed by atoms with Crippen LogP contribution in [0, 0.1) is 0 Å². The molecule has 2 aromatic rings. The number of benzene rings is 2. The Balaban J connectivity index is 1.72. The van der Waals surface area contributed by atoms with Crippen LogP contribution in [-0.2, 0) is 0 Å². The van der Waals surface area contributed by atoms with E-state index in [9.17, 15) is 9.90 Å². The van der Waals surface area contributed by atoms with Crippen LogP contribution < -0.4 is 10.2 Å². The van der Waals surface area contributed by atoms with Gasteiger partial charge >= 0.3 is 0 Å². The molecule has 0 radical (unpaired) electrons. The smallest absolute Gasteiger partial charge is 0.275 e. The Hall–Kier alpha value is -3.08. The number of hydrogen-bond acceptors (Lipinski definition) is 4. The zero-order valence-electron chi connectivity index (χ0n) is 12.6. The number of ether oxygens (including phenoxy) is 1. The molecule has 0 bridgehead atoms. The first-order chi connectivity index (χ1) is 11.1. The van der Waals surface area contributed by atoms with Crippen LogP contribution in [0.15, 0.2) is 59.2 Å². The number of carbonyl (C=O) groups is 1. The van der Waals surface area contributed by atoms with Crippen molar-refractivity contribution in [1.82, 2.24) is 5.43 Å². The Morgan fingerprint density at radius 3 is 2.78 bits per heavy atom. The highest BCUT2D eigenvalue weighted by Crippen LogP contribution is 2.28. The van der Waals surface area contributed by atoms with E-state index >= 15 is 0 Å².